The fourth-order valence-electron chi connectivity index (χ4n) is 6.03. The number of benzene rings is 7. The van der Waals surface area contributed by atoms with Crippen LogP contribution in [0.3, 0.4) is 0 Å². The predicted molar refractivity (Wildman–Crippen MR) is 177 cm³/mol. The van der Waals surface area contributed by atoms with Gasteiger partial charge in [-0.1, -0.05) is 127 Å². The van der Waals surface area contributed by atoms with Gasteiger partial charge in [-0.25, -0.2) is 0 Å². The van der Waals surface area contributed by atoms with Crippen molar-refractivity contribution in [2.45, 2.75) is 0 Å². The van der Waals surface area contributed by atoms with Gasteiger partial charge in [0.15, 0.2) is 0 Å². The van der Waals surface area contributed by atoms with E-state index in [0.717, 1.165) is 44.4 Å². The van der Waals surface area contributed by atoms with E-state index in [2.05, 4.69) is 163 Å². The summed E-state index contributed by atoms with van der Waals surface area (Å²) in [6, 6.07) is 57.9. The van der Waals surface area contributed by atoms with Crippen molar-refractivity contribution in [2.24, 2.45) is 0 Å². The summed E-state index contributed by atoms with van der Waals surface area (Å²) in [5, 5.41) is 4.55. The molecule has 0 fully saturated rings. The van der Waals surface area contributed by atoms with E-state index in [1.807, 2.05) is 6.07 Å². The predicted octanol–water partition coefficient (Wildman–Crippen LogP) is 11.5. The van der Waals surface area contributed by atoms with Gasteiger partial charge in [0.1, 0.15) is 11.2 Å². The van der Waals surface area contributed by atoms with Crippen LogP contribution in [-0.4, -0.2) is 0 Å². The molecule has 0 spiro atoms. The second-order valence-corrected chi connectivity index (χ2v) is 10.6. The highest BCUT2D eigenvalue weighted by molar-refractivity contribution is 6.21. The summed E-state index contributed by atoms with van der Waals surface area (Å²) >= 11 is 0. The largest absolute Gasteiger partial charge is 0.456 e. The van der Waals surface area contributed by atoms with Crippen LogP contribution in [0.2, 0.25) is 0 Å². The molecule has 198 valence electrons. The first-order chi connectivity index (χ1) is 20.8. The van der Waals surface area contributed by atoms with Crippen LogP contribution in [0.25, 0.3) is 55.0 Å². The van der Waals surface area contributed by atoms with Crippen LogP contribution in [0.5, 0.6) is 0 Å². The zero-order chi connectivity index (χ0) is 27.9. The third-order valence-electron chi connectivity index (χ3n) is 8.05. The van der Waals surface area contributed by atoms with Gasteiger partial charge in [0, 0.05) is 22.1 Å². The maximum atomic E-state index is 6.45. The number of anilines is 3. The zero-order valence-electron chi connectivity index (χ0n) is 22.9. The van der Waals surface area contributed by atoms with Crippen LogP contribution >= 0.6 is 0 Å². The number of para-hydroxylation sites is 1. The molecule has 2 heteroatoms. The monoisotopic (exact) mass is 537 g/mol. The highest BCUT2D eigenvalue weighted by atomic mass is 16.3. The minimum Gasteiger partial charge on any atom is -0.456 e. The number of fused-ring (bicyclic) bond motifs is 4. The van der Waals surface area contributed by atoms with Crippen LogP contribution < -0.4 is 4.90 Å². The summed E-state index contributed by atoms with van der Waals surface area (Å²) < 4.78 is 6.45. The molecule has 8 aromatic rings. The van der Waals surface area contributed by atoms with Crippen molar-refractivity contribution in [3.63, 3.8) is 0 Å². The van der Waals surface area contributed by atoms with Crippen molar-refractivity contribution in [3.05, 3.63) is 164 Å². The van der Waals surface area contributed by atoms with Gasteiger partial charge in [0.2, 0.25) is 0 Å². The van der Waals surface area contributed by atoms with E-state index in [-0.39, 0.29) is 0 Å². The Morgan fingerprint density at radius 3 is 1.45 bits per heavy atom. The number of furan rings is 1. The third kappa shape index (κ3) is 4.13. The number of rotatable bonds is 5. The lowest BCUT2D eigenvalue weighted by molar-refractivity contribution is 0.669. The Bertz CT molecular complexity index is 2080. The van der Waals surface area contributed by atoms with Crippen LogP contribution in [0.4, 0.5) is 17.1 Å². The molecule has 0 amide bonds. The lowest BCUT2D eigenvalue weighted by atomic mass is 9.99. The molecular formula is C40H27NO. The maximum Gasteiger partial charge on any atom is 0.138 e. The van der Waals surface area contributed by atoms with Gasteiger partial charge in [-0.3, -0.25) is 0 Å². The Labute approximate surface area is 244 Å². The average Bonchev–Trinajstić information content (AvgIpc) is 3.44. The topological polar surface area (TPSA) is 16.4 Å². The first kappa shape index (κ1) is 24.2. The molecule has 0 saturated carbocycles. The van der Waals surface area contributed by atoms with E-state index in [9.17, 15) is 0 Å². The molecule has 7 aromatic carbocycles. The molecule has 0 N–H and O–H groups in total. The van der Waals surface area contributed by atoms with E-state index < -0.39 is 0 Å². The highest BCUT2D eigenvalue weighted by Gasteiger charge is 2.22. The quantitative estimate of drug-likeness (QED) is 0.217. The average molecular weight is 538 g/mol. The highest BCUT2D eigenvalue weighted by Crippen LogP contribution is 2.47. The SMILES string of the molecule is c1ccc(-c2ccc(N(c3ccc(-c4ccccc4)cc3)c3c4ccccc4cc4oc5ccccc5c34)cc2)cc1. The molecule has 0 atom stereocenters. The van der Waals surface area contributed by atoms with E-state index in [4.69, 9.17) is 4.42 Å². The summed E-state index contributed by atoms with van der Waals surface area (Å²) in [7, 11) is 0. The lowest BCUT2D eigenvalue weighted by Crippen LogP contribution is -2.11. The van der Waals surface area contributed by atoms with Crippen molar-refractivity contribution >= 4 is 49.8 Å². The molecule has 8 rings (SSSR count). The number of hydrogen-bond donors (Lipinski definition) is 0. The van der Waals surface area contributed by atoms with Crippen molar-refractivity contribution in [1.82, 2.24) is 0 Å². The standard InChI is InChI=1S/C40H27NO/c1-3-11-28(12-4-1)30-19-23-33(24-20-30)41(34-25-21-31(22-26-34)29-13-5-2-6-14-29)40-35-16-8-7-15-32(35)27-38-39(40)36-17-9-10-18-37(36)42-38/h1-27H. The lowest BCUT2D eigenvalue weighted by Gasteiger charge is -2.28. The van der Waals surface area contributed by atoms with Crippen molar-refractivity contribution in [2.75, 3.05) is 4.90 Å². The van der Waals surface area contributed by atoms with Crippen LogP contribution in [0.15, 0.2) is 168 Å². The minimum absolute atomic E-state index is 0.886. The summed E-state index contributed by atoms with van der Waals surface area (Å²) in [6.07, 6.45) is 0. The molecule has 42 heavy (non-hydrogen) atoms. The van der Waals surface area contributed by atoms with Gasteiger partial charge >= 0.3 is 0 Å². The van der Waals surface area contributed by atoms with Crippen LogP contribution in [0, 0.1) is 0 Å². The van der Waals surface area contributed by atoms with Gasteiger partial charge in [0.25, 0.3) is 0 Å². The first-order valence-electron chi connectivity index (χ1n) is 14.3. The molecule has 1 heterocycles. The van der Waals surface area contributed by atoms with Crippen LogP contribution in [-0.2, 0) is 0 Å². The number of nitrogens with zero attached hydrogens (tertiary/aromatic N) is 1. The molecule has 0 unspecified atom stereocenters. The Kier molecular flexibility index (Phi) is 5.82. The third-order valence-corrected chi connectivity index (χ3v) is 8.05. The molecule has 2 nitrogen and oxygen atoms in total. The molecule has 0 aliphatic carbocycles. The van der Waals surface area contributed by atoms with E-state index in [1.165, 1.54) is 27.6 Å². The first-order valence-corrected chi connectivity index (χ1v) is 14.3. The zero-order valence-corrected chi connectivity index (χ0v) is 22.9. The minimum atomic E-state index is 0.886. The Hall–Kier alpha value is -5.60. The summed E-state index contributed by atoms with van der Waals surface area (Å²) in [5.41, 5.74) is 9.86. The van der Waals surface area contributed by atoms with E-state index in [1.54, 1.807) is 0 Å². The molecule has 1 aromatic heterocycles. The summed E-state index contributed by atoms with van der Waals surface area (Å²) in [6.45, 7) is 0. The van der Waals surface area contributed by atoms with Crippen LogP contribution in [0.1, 0.15) is 0 Å². The molecule has 0 bridgehead atoms. The molecule has 0 aliphatic rings. The summed E-state index contributed by atoms with van der Waals surface area (Å²) in [4.78, 5) is 2.39. The number of hydrogen-bond acceptors (Lipinski definition) is 2. The molecule has 0 saturated heterocycles. The van der Waals surface area contributed by atoms with Gasteiger partial charge in [0.05, 0.1) is 11.1 Å². The molecular weight excluding hydrogens is 510 g/mol. The fraction of sp³-hybridized carbons (Fsp3) is 0. The molecule has 0 radical (unpaired) electrons. The fourth-order valence-corrected chi connectivity index (χ4v) is 6.03. The second-order valence-electron chi connectivity index (χ2n) is 10.6. The summed E-state index contributed by atoms with van der Waals surface area (Å²) in [5.74, 6) is 0. The second kappa shape index (κ2) is 10.1. The maximum absolute atomic E-state index is 6.45. The van der Waals surface area contributed by atoms with Gasteiger partial charge in [-0.15, -0.1) is 0 Å². The Balaban J connectivity index is 1.39. The normalized spacial score (nSPS) is 11.3. The van der Waals surface area contributed by atoms with Crippen molar-refractivity contribution in [1.29, 1.82) is 0 Å². The Morgan fingerprint density at radius 2 is 0.857 bits per heavy atom. The van der Waals surface area contributed by atoms with Gasteiger partial charge in [-0.05, 0) is 64.0 Å². The molecule has 0 aliphatic heterocycles. The van der Waals surface area contributed by atoms with Crippen molar-refractivity contribution < 1.29 is 4.42 Å². The van der Waals surface area contributed by atoms with Gasteiger partial charge < -0.3 is 9.32 Å². The van der Waals surface area contributed by atoms with Crippen molar-refractivity contribution in [3.8, 4) is 22.3 Å². The van der Waals surface area contributed by atoms with E-state index >= 15 is 0 Å². The van der Waals surface area contributed by atoms with E-state index in [0.29, 0.717) is 0 Å². The Morgan fingerprint density at radius 1 is 0.381 bits per heavy atom. The van der Waals surface area contributed by atoms with Gasteiger partial charge in [-0.2, -0.15) is 0 Å². The smallest absolute Gasteiger partial charge is 0.138 e.